The Morgan fingerprint density at radius 1 is 1.44 bits per heavy atom. The third-order valence-corrected chi connectivity index (χ3v) is 2.50. The number of oxazole rings is 1. The van der Waals surface area contributed by atoms with E-state index in [1.54, 1.807) is 12.1 Å². The van der Waals surface area contributed by atoms with Crippen LogP contribution in [0.3, 0.4) is 0 Å². The normalized spacial score (nSPS) is 15.2. The highest BCUT2D eigenvalue weighted by atomic mass is 16.4. The molecule has 86 valence electrons. The number of aromatic nitrogens is 1. The molecule has 0 bridgehead atoms. The molecule has 0 amide bonds. The minimum Gasteiger partial charge on any atom is -0.408 e. The summed E-state index contributed by atoms with van der Waals surface area (Å²) in [6, 6.07) is 5.35. The van der Waals surface area contributed by atoms with Crippen LogP contribution in [0.5, 0.6) is 0 Å². The van der Waals surface area contributed by atoms with Crippen molar-refractivity contribution in [2.45, 2.75) is 25.4 Å². The van der Waals surface area contributed by atoms with Gasteiger partial charge in [0.25, 0.3) is 0 Å². The minimum absolute atomic E-state index is 0.0453. The van der Waals surface area contributed by atoms with Gasteiger partial charge in [-0.2, -0.15) is 0 Å². The number of benzene rings is 1. The Bertz CT molecular complexity index is 541. The number of rotatable bonds is 3. The highest BCUT2D eigenvalue weighted by Gasteiger charge is 2.10. The summed E-state index contributed by atoms with van der Waals surface area (Å²) in [5.41, 5.74) is 13.8. The first-order chi connectivity index (χ1) is 7.56. The van der Waals surface area contributed by atoms with Gasteiger partial charge in [0.05, 0.1) is 5.52 Å². The highest BCUT2D eigenvalue weighted by Crippen LogP contribution is 2.19. The van der Waals surface area contributed by atoms with Gasteiger partial charge in [-0.15, -0.1) is 0 Å². The van der Waals surface area contributed by atoms with Crippen molar-refractivity contribution in [1.82, 2.24) is 4.98 Å². The van der Waals surface area contributed by atoms with Gasteiger partial charge in [-0.25, -0.2) is 4.79 Å². The van der Waals surface area contributed by atoms with Crippen LogP contribution in [0.4, 0.5) is 0 Å². The van der Waals surface area contributed by atoms with Crippen LogP contribution in [0.25, 0.3) is 11.1 Å². The summed E-state index contributed by atoms with van der Waals surface area (Å²) in [5, 5.41) is 0. The van der Waals surface area contributed by atoms with E-state index >= 15 is 0 Å². The van der Waals surface area contributed by atoms with E-state index in [1.807, 2.05) is 13.0 Å². The smallest absolute Gasteiger partial charge is 0.408 e. The summed E-state index contributed by atoms with van der Waals surface area (Å²) in [6.07, 6.45) is 0.695. The summed E-state index contributed by atoms with van der Waals surface area (Å²) in [7, 11) is 0. The Morgan fingerprint density at radius 2 is 2.19 bits per heavy atom. The standard InChI is InChI=1S/C11H15N3O2/c1-6(12)4-8(13)7-2-3-9-10(5-7)16-11(15)14-9/h2-3,5-6,8H,4,12-13H2,1H3,(H,14,15). The lowest BCUT2D eigenvalue weighted by atomic mass is 10.0. The second-order valence-corrected chi connectivity index (χ2v) is 4.09. The molecule has 2 rings (SSSR count). The average Bonchev–Trinajstić information content (AvgIpc) is 2.55. The first kappa shape index (κ1) is 10.9. The number of nitrogens with one attached hydrogen (secondary N) is 1. The van der Waals surface area contributed by atoms with Crippen LogP contribution in [0, 0.1) is 0 Å². The van der Waals surface area contributed by atoms with Crippen LogP contribution in [-0.2, 0) is 0 Å². The van der Waals surface area contributed by atoms with Crippen LogP contribution < -0.4 is 17.2 Å². The van der Waals surface area contributed by atoms with Gasteiger partial charge in [0.2, 0.25) is 0 Å². The van der Waals surface area contributed by atoms with Gasteiger partial charge in [0, 0.05) is 12.1 Å². The van der Waals surface area contributed by atoms with Crippen molar-refractivity contribution in [1.29, 1.82) is 0 Å². The molecule has 0 radical (unpaired) electrons. The molecular formula is C11H15N3O2. The lowest BCUT2D eigenvalue weighted by molar-refractivity contribution is 0.550. The molecule has 0 saturated heterocycles. The van der Waals surface area contributed by atoms with Crippen molar-refractivity contribution in [2.24, 2.45) is 11.5 Å². The van der Waals surface area contributed by atoms with Crippen LogP contribution >= 0.6 is 0 Å². The van der Waals surface area contributed by atoms with Crippen LogP contribution in [-0.4, -0.2) is 11.0 Å². The van der Waals surface area contributed by atoms with E-state index in [1.165, 1.54) is 0 Å². The van der Waals surface area contributed by atoms with Crippen molar-refractivity contribution in [3.05, 3.63) is 34.3 Å². The first-order valence-corrected chi connectivity index (χ1v) is 5.20. The molecule has 1 aromatic heterocycles. The van der Waals surface area contributed by atoms with Gasteiger partial charge in [-0.05, 0) is 31.0 Å². The van der Waals surface area contributed by atoms with E-state index < -0.39 is 5.76 Å². The van der Waals surface area contributed by atoms with E-state index in [-0.39, 0.29) is 12.1 Å². The van der Waals surface area contributed by atoms with E-state index in [9.17, 15) is 4.79 Å². The largest absolute Gasteiger partial charge is 0.417 e. The molecule has 5 nitrogen and oxygen atoms in total. The van der Waals surface area contributed by atoms with Crippen molar-refractivity contribution in [3.63, 3.8) is 0 Å². The molecule has 0 spiro atoms. The molecule has 16 heavy (non-hydrogen) atoms. The summed E-state index contributed by atoms with van der Waals surface area (Å²) in [5.74, 6) is -0.451. The molecule has 0 aliphatic heterocycles. The minimum atomic E-state index is -0.451. The fourth-order valence-electron chi connectivity index (χ4n) is 1.73. The number of aromatic amines is 1. The van der Waals surface area contributed by atoms with Crippen molar-refractivity contribution in [3.8, 4) is 0 Å². The molecule has 0 aliphatic rings. The predicted molar refractivity (Wildman–Crippen MR) is 62.0 cm³/mol. The maximum Gasteiger partial charge on any atom is 0.417 e. The summed E-state index contributed by atoms with van der Waals surface area (Å²) >= 11 is 0. The van der Waals surface area contributed by atoms with Crippen LogP contribution in [0.2, 0.25) is 0 Å². The Morgan fingerprint density at radius 3 is 2.88 bits per heavy atom. The van der Waals surface area contributed by atoms with Gasteiger partial charge in [0.1, 0.15) is 0 Å². The van der Waals surface area contributed by atoms with Crippen molar-refractivity contribution >= 4 is 11.1 Å². The lowest BCUT2D eigenvalue weighted by Gasteiger charge is -2.13. The van der Waals surface area contributed by atoms with Crippen LogP contribution in [0.1, 0.15) is 24.9 Å². The summed E-state index contributed by atoms with van der Waals surface area (Å²) in [4.78, 5) is 13.6. The van der Waals surface area contributed by atoms with E-state index in [4.69, 9.17) is 15.9 Å². The van der Waals surface area contributed by atoms with Gasteiger partial charge >= 0.3 is 5.76 Å². The predicted octanol–water partition coefficient (Wildman–Crippen LogP) is 0.858. The Labute approximate surface area is 92.4 Å². The van der Waals surface area contributed by atoms with Crippen molar-refractivity contribution in [2.75, 3.05) is 0 Å². The van der Waals surface area contributed by atoms with E-state index in [2.05, 4.69) is 4.98 Å². The topological polar surface area (TPSA) is 98.0 Å². The molecule has 0 aliphatic carbocycles. The van der Waals surface area contributed by atoms with E-state index in [0.717, 1.165) is 5.56 Å². The third-order valence-electron chi connectivity index (χ3n) is 2.50. The molecule has 2 atom stereocenters. The molecular weight excluding hydrogens is 206 g/mol. The van der Waals surface area contributed by atoms with Crippen LogP contribution in [0.15, 0.2) is 27.4 Å². The Kier molecular flexibility index (Phi) is 2.80. The molecule has 5 N–H and O–H groups in total. The summed E-state index contributed by atoms with van der Waals surface area (Å²) < 4.78 is 4.97. The number of fused-ring (bicyclic) bond motifs is 1. The van der Waals surface area contributed by atoms with Crippen molar-refractivity contribution < 1.29 is 4.42 Å². The maximum atomic E-state index is 11.0. The second kappa shape index (κ2) is 4.11. The molecule has 0 fully saturated rings. The zero-order chi connectivity index (χ0) is 11.7. The number of hydrogen-bond donors (Lipinski definition) is 3. The molecule has 2 unspecified atom stereocenters. The quantitative estimate of drug-likeness (QED) is 0.715. The number of hydrogen-bond acceptors (Lipinski definition) is 4. The highest BCUT2D eigenvalue weighted by molar-refractivity contribution is 5.72. The SMILES string of the molecule is CC(N)CC(N)c1ccc2[nH]c(=O)oc2c1. The average molecular weight is 221 g/mol. The fourth-order valence-corrected chi connectivity index (χ4v) is 1.73. The third kappa shape index (κ3) is 2.15. The van der Waals surface area contributed by atoms with Gasteiger partial charge in [-0.1, -0.05) is 6.07 Å². The Hall–Kier alpha value is -1.59. The zero-order valence-corrected chi connectivity index (χ0v) is 9.07. The number of nitrogens with two attached hydrogens (primary N) is 2. The monoisotopic (exact) mass is 221 g/mol. The number of H-pyrrole nitrogens is 1. The van der Waals surface area contributed by atoms with Gasteiger partial charge in [-0.3, -0.25) is 4.98 Å². The molecule has 1 aromatic carbocycles. The Balaban J connectivity index is 2.34. The molecule has 5 heteroatoms. The summed E-state index contributed by atoms with van der Waals surface area (Å²) in [6.45, 7) is 1.91. The first-order valence-electron chi connectivity index (χ1n) is 5.20. The van der Waals surface area contributed by atoms with Gasteiger partial charge in [0.15, 0.2) is 5.58 Å². The zero-order valence-electron chi connectivity index (χ0n) is 9.07. The molecule has 2 aromatic rings. The van der Waals surface area contributed by atoms with Gasteiger partial charge < -0.3 is 15.9 Å². The second-order valence-electron chi connectivity index (χ2n) is 4.09. The molecule has 0 saturated carbocycles. The maximum absolute atomic E-state index is 11.0. The van der Waals surface area contributed by atoms with E-state index in [0.29, 0.717) is 17.5 Å². The molecule has 1 heterocycles. The fraction of sp³-hybridized carbons (Fsp3) is 0.364. The lowest BCUT2D eigenvalue weighted by Crippen LogP contribution is -2.23.